The van der Waals surface area contributed by atoms with E-state index < -0.39 is 5.92 Å². The van der Waals surface area contributed by atoms with E-state index >= 15 is 0 Å². The van der Waals surface area contributed by atoms with Gasteiger partial charge in [0.1, 0.15) is 17.4 Å². The molecule has 1 aliphatic heterocycles. The summed E-state index contributed by atoms with van der Waals surface area (Å²) in [5.74, 6) is -0.0275. The van der Waals surface area contributed by atoms with Gasteiger partial charge in [-0.2, -0.15) is 0 Å². The molecule has 0 bridgehead atoms. The minimum Gasteiger partial charge on any atom is -0.458 e. The highest BCUT2D eigenvalue weighted by atomic mass is 32.1. The Kier molecular flexibility index (Phi) is 6.26. The average molecular weight is 344 g/mol. The highest BCUT2D eigenvalue weighted by Gasteiger charge is 2.32. The second-order valence-corrected chi connectivity index (χ2v) is 5.73. The third-order valence-electron chi connectivity index (χ3n) is 3.44. The van der Waals surface area contributed by atoms with Crippen molar-refractivity contribution in [2.45, 2.75) is 26.7 Å². The summed E-state index contributed by atoms with van der Waals surface area (Å²) < 4.78 is 5.80. The smallest absolute Gasteiger partial charge is 0.239 e. The Labute approximate surface area is 146 Å². The Hall–Kier alpha value is -2.47. The van der Waals surface area contributed by atoms with Crippen LogP contribution in [0.15, 0.2) is 48.3 Å². The topological polar surface area (TPSA) is 67.4 Å². The number of hydrogen-bond acceptors (Lipinski definition) is 4. The molecule has 2 amide bonds. The summed E-state index contributed by atoms with van der Waals surface area (Å²) in [5.41, 5.74) is 0.873. The minimum absolute atomic E-state index is 0.0595. The number of amides is 2. The van der Waals surface area contributed by atoms with Crippen molar-refractivity contribution in [1.82, 2.24) is 10.6 Å². The van der Waals surface area contributed by atoms with E-state index in [-0.39, 0.29) is 16.9 Å². The van der Waals surface area contributed by atoms with Gasteiger partial charge >= 0.3 is 0 Å². The molecular weight excluding hydrogens is 324 g/mol. The van der Waals surface area contributed by atoms with Crippen LogP contribution in [0.3, 0.4) is 0 Å². The van der Waals surface area contributed by atoms with Crippen molar-refractivity contribution < 1.29 is 14.3 Å². The van der Waals surface area contributed by atoms with E-state index in [1.165, 1.54) is 0 Å². The maximum absolute atomic E-state index is 11.9. The molecule has 2 N–H and O–H groups in total. The average Bonchev–Trinajstić information content (AvgIpc) is 2.53. The van der Waals surface area contributed by atoms with Gasteiger partial charge in [-0.15, -0.1) is 0 Å². The number of carbonyl (C=O) groups excluding carboxylic acids is 2. The Bertz CT molecular complexity index is 673. The zero-order valence-corrected chi connectivity index (χ0v) is 14.5. The van der Waals surface area contributed by atoms with Gasteiger partial charge in [0.15, 0.2) is 5.11 Å². The largest absolute Gasteiger partial charge is 0.458 e. The molecule has 1 fully saturated rings. The fraction of sp³-hybridized carbons (Fsp3) is 0.278. The lowest BCUT2D eigenvalue weighted by Gasteiger charge is -2.22. The van der Waals surface area contributed by atoms with E-state index in [9.17, 15) is 9.59 Å². The van der Waals surface area contributed by atoms with E-state index in [2.05, 4.69) is 10.6 Å². The molecule has 0 atom stereocenters. The Morgan fingerprint density at radius 3 is 2.38 bits per heavy atom. The molecule has 126 valence electrons. The standard InChI is InChI=1S/C18H20N2O3S/c1-3-5-13(6-4-2)23-14-9-7-12(8-10-14)11-15-16(21)19-18(24)20-17(15)22/h3,5-10,15H,4,11H2,1-2H3,(H2,19,20,21,22,24). The molecular formula is C18H20N2O3S. The molecule has 0 aliphatic carbocycles. The molecule has 0 aromatic heterocycles. The van der Waals surface area contributed by atoms with E-state index in [0.717, 1.165) is 17.7 Å². The van der Waals surface area contributed by atoms with Crippen LogP contribution < -0.4 is 15.4 Å². The zero-order chi connectivity index (χ0) is 17.5. The van der Waals surface area contributed by atoms with Gasteiger partial charge in [0.25, 0.3) is 0 Å². The highest BCUT2D eigenvalue weighted by Crippen LogP contribution is 2.19. The second kappa shape index (κ2) is 8.40. The number of nitrogens with one attached hydrogen (secondary N) is 2. The molecule has 1 aliphatic rings. The quantitative estimate of drug-likeness (QED) is 0.360. The molecule has 0 radical (unpaired) electrons. The lowest BCUT2D eigenvalue weighted by molar-refractivity contribution is -0.135. The lowest BCUT2D eigenvalue weighted by atomic mass is 9.96. The summed E-state index contributed by atoms with van der Waals surface area (Å²) in [4.78, 5) is 23.8. The van der Waals surface area contributed by atoms with Crippen molar-refractivity contribution in [3.8, 4) is 5.75 Å². The molecule has 6 heteroatoms. The van der Waals surface area contributed by atoms with Crippen LogP contribution in [0.5, 0.6) is 5.75 Å². The summed E-state index contributed by atoms with van der Waals surface area (Å²) in [6.07, 6.45) is 7.00. The fourth-order valence-electron chi connectivity index (χ4n) is 2.31. The van der Waals surface area contributed by atoms with Crippen LogP contribution in [0.4, 0.5) is 0 Å². The van der Waals surface area contributed by atoms with Crippen molar-refractivity contribution in [3.05, 3.63) is 53.8 Å². The molecule has 2 rings (SSSR count). The molecule has 1 aromatic rings. The predicted octanol–water partition coefficient (Wildman–Crippen LogP) is 2.62. The van der Waals surface area contributed by atoms with Crippen molar-refractivity contribution in [1.29, 1.82) is 0 Å². The van der Waals surface area contributed by atoms with Crippen LogP contribution in [-0.4, -0.2) is 16.9 Å². The monoisotopic (exact) mass is 344 g/mol. The second-order valence-electron chi connectivity index (χ2n) is 5.33. The van der Waals surface area contributed by atoms with Crippen LogP contribution in [0.25, 0.3) is 0 Å². The van der Waals surface area contributed by atoms with E-state index in [1.807, 2.05) is 56.3 Å². The SMILES string of the molecule is CC=CC(=CCC)Oc1ccc(CC2C(=O)NC(=S)NC2=O)cc1. The fourth-order valence-corrected chi connectivity index (χ4v) is 2.51. The maximum Gasteiger partial charge on any atom is 0.239 e. The number of carbonyl (C=O) groups is 2. The molecule has 5 nitrogen and oxygen atoms in total. The summed E-state index contributed by atoms with van der Waals surface area (Å²) in [6, 6.07) is 7.35. The van der Waals surface area contributed by atoms with Gasteiger partial charge in [-0.25, -0.2) is 0 Å². The van der Waals surface area contributed by atoms with Crippen molar-refractivity contribution >= 4 is 29.1 Å². The maximum atomic E-state index is 11.9. The van der Waals surface area contributed by atoms with Crippen molar-refractivity contribution in [3.63, 3.8) is 0 Å². The van der Waals surface area contributed by atoms with Crippen LogP contribution in [0.2, 0.25) is 0 Å². The van der Waals surface area contributed by atoms with E-state index in [1.54, 1.807) is 0 Å². The van der Waals surface area contributed by atoms with Crippen LogP contribution in [0, 0.1) is 5.92 Å². The summed E-state index contributed by atoms with van der Waals surface area (Å²) in [7, 11) is 0. The Balaban J connectivity index is 2.04. The Morgan fingerprint density at radius 2 is 1.83 bits per heavy atom. The third kappa shape index (κ3) is 4.76. The van der Waals surface area contributed by atoms with Crippen LogP contribution >= 0.6 is 12.2 Å². The third-order valence-corrected chi connectivity index (χ3v) is 3.65. The summed E-state index contributed by atoms with van der Waals surface area (Å²) in [5, 5.41) is 4.99. The van der Waals surface area contributed by atoms with Gasteiger partial charge in [-0.3, -0.25) is 9.59 Å². The summed E-state index contributed by atoms with van der Waals surface area (Å²) >= 11 is 4.79. The molecule has 0 saturated carbocycles. The van der Waals surface area contributed by atoms with Gasteiger partial charge in [0.05, 0.1) is 0 Å². The van der Waals surface area contributed by atoms with Crippen LogP contribution in [0.1, 0.15) is 25.8 Å². The van der Waals surface area contributed by atoms with Gasteiger partial charge in [-0.1, -0.05) is 25.1 Å². The van der Waals surface area contributed by atoms with Gasteiger partial charge in [-0.05, 0) is 61.8 Å². The van der Waals surface area contributed by atoms with E-state index in [4.69, 9.17) is 17.0 Å². The number of allylic oxidation sites excluding steroid dienone is 3. The number of thiocarbonyl (C=S) groups is 1. The number of ether oxygens (including phenoxy) is 1. The van der Waals surface area contributed by atoms with Crippen LogP contribution in [-0.2, 0) is 16.0 Å². The molecule has 1 aromatic carbocycles. The first-order valence-corrected chi connectivity index (χ1v) is 8.19. The molecule has 1 heterocycles. The number of rotatable bonds is 6. The summed E-state index contributed by atoms with van der Waals surface area (Å²) in [6.45, 7) is 3.98. The van der Waals surface area contributed by atoms with Gasteiger partial charge in [0, 0.05) is 0 Å². The number of benzene rings is 1. The molecule has 0 unspecified atom stereocenters. The molecule has 24 heavy (non-hydrogen) atoms. The number of hydrogen-bond donors (Lipinski definition) is 2. The van der Waals surface area contributed by atoms with Gasteiger partial charge < -0.3 is 15.4 Å². The normalized spacial score (nSPS) is 16.2. The van der Waals surface area contributed by atoms with E-state index in [0.29, 0.717) is 12.2 Å². The Morgan fingerprint density at radius 1 is 1.21 bits per heavy atom. The zero-order valence-electron chi connectivity index (χ0n) is 13.7. The first kappa shape index (κ1) is 17.9. The van der Waals surface area contributed by atoms with Crippen molar-refractivity contribution in [2.24, 2.45) is 5.92 Å². The lowest BCUT2D eigenvalue weighted by Crippen LogP contribution is -2.56. The minimum atomic E-state index is -0.776. The highest BCUT2D eigenvalue weighted by molar-refractivity contribution is 7.80. The first-order chi connectivity index (χ1) is 11.5. The van der Waals surface area contributed by atoms with Gasteiger partial charge in [0.2, 0.25) is 11.8 Å². The molecule has 0 spiro atoms. The van der Waals surface area contributed by atoms with Crippen molar-refractivity contribution in [2.75, 3.05) is 0 Å². The first-order valence-electron chi connectivity index (χ1n) is 7.78. The predicted molar refractivity (Wildman–Crippen MR) is 96.3 cm³/mol. The molecule has 1 saturated heterocycles.